The number of rotatable bonds is 3. The van der Waals surface area contributed by atoms with Crippen LogP contribution in [0.5, 0.6) is 0 Å². The van der Waals surface area contributed by atoms with Crippen molar-refractivity contribution in [2.75, 3.05) is 25.0 Å². The highest BCUT2D eigenvalue weighted by molar-refractivity contribution is 6.02. The van der Waals surface area contributed by atoms with E-state index >= 15 is 0 Å². The van der Waals surface area contributed by atoms with Crippen molar-refractivity contribution in [1.29, 1.82) is 0 Å². The molecule has 4 rings (SSSR count). The molecule has 0 radical (unpaired) electrons. The predicted molar refractivity (Wildman–Crippen MR) is 112 cm³/mol. The van der Waals surface area contributed by atoms with Crippen molar-refractivity contribution < 1.29 is 9.59 Å². The van der Waals surface area contributed by atoms with Gasteiger partial charge in [0.15, 0.2) is 0 Å². The number of amides is 2. The van der Waals surface area contributed by atoms with Gasteiger partial charge in [0.1, 0.15) is 0 Å². The van der Waals surface area contributed by atoms with Crippen molar-refractivity contribution in [3.8, 4) is 0 Å². The molecule has 3 atom stereocenters. The molecule has 2 saturated heterocycles. The van der Waals surface area contributed by atoms with Gasteiger partial charge in [-0.2, -0.15) is 5.10 Å². The first-order chi connectivity index (χ1) is 13.0. The molecule has 0 aliphatic carbocycles. The minimum absolute atomic E-state index is 0. The fraction of sp³-hybridized carbons (Fsp3) is 0.550. The van der Waals surface area contributed by atoms with Crippen molar-refractivity contribution >= 4 is 40.8 Å². The van der Waals surface area contributed by atoms with Gasteiger partial charge < -0.3 is 10.2 Å². The molecule has 2 amide bonds. The summed E-state index contributed by atoms with van der Waals surface area (Å²) < 4.78 is 1.85. The number of piperidine rings is 2. The Morgan fingerprint density at radius 2 is 2.04 bits per heavy atom. The van der Waals surface area contributed by atoms with Crippen molar-refractivity contribution in [2.24, 2.45) is 13.0 Å². The molecule has 1 unspecified atom stereocenters. The van der Waals surface area contributed by atoms with Crippen molar-refractivity contribution in [1.82, 2.24) is 20.4 Å². The third-order valence-electron chi connectivity index (χ3n) is 6.07. The van der Waals surface area contributed by atoms with E-state index in [0.717, 1.165) is 36.1 Å². The molecule has 2 N–H and O–H groups in total. The van der Waals surface area contributed by atoms with E-state index in [0.29, 0.717) is 24.8 Å². The Morgan fingerprint density at radius 1 is 1.25 bits per heavy atom. The molecule has 2 aliphatic rings. The van der Waals surface area contributed by atoms with Gasteiger partial charge >= 0.3 is 0 Å². The van der Waals surface area contributed by atoms with Crippen LogP contribution in [-0.4, -0.2) is 47.8 Å². The summed E-state index contributed by atoms with van der Waals surface area (Å²) in [5.74, 6) is -0.204. The fourth-order valence-corrected chi connectivity index (χ4v) is 4.49. The first kappa shape index (κ1) is 20.6. The Hall–Kier alpha value is -2.12. The zero-order valence-electron chi connectivity index (χ0n) is 16.6. The average Bonchev–Trinajstić information content (AvgIpc) is 2.97. The van der Waals surface area contributed by atoms with Crippen molar-refractivity contribution in [3.63, 3.8) is 0 Å². The average molecular weight is 406 g/mol. The lowest BCUT2D eigenvalue weighted by Gasteiger charge is -2.38. The van der Waals surface area contributed by atoms with Gasteiger partial charge in [-0.3, -0.25) is 19.6 Å². The monoisotopic (exact) mass is 405 g/mol. The second-order valence-corrected chi connectivity index (χ2v) is 7.82. The Kier molecular flexibility index (Phi) is 5.95. The Bertz CT molecular complexity index is 896. The van der Waals surface area contributed by atoms with Gasteiger partial charge in [0.25, 0.3) is 0 Å². The van der Waals surface area contributed by atoms with E-state index in [1.54, 1.807) is 0 Å². The molecule has 152 valence electrons. The van der Waals surface area contributed by atoms with Crippen LogP contribution in [0.4, 0.5) is 5.69 Å². The van der Waals surface area contributed by atoms with E-state index in [9.17, 15) is 9.59 Å². The molecular weight excluding hydrogens is 378 g/mol. The first-order valence-electron chi connectivity index (χ1n) is 9.70. The van der Waals surface area contributed by atoms with Crippen LogP contribution in [-0.2, 0) is 16.6 Å². The maximum Gasteiger partial charge on any atom is 0.235 e. The topological polar surface area (TPSA) is 79.3 Å². The number of carbonyl (C=O) groups excluding carboxylic acids is 2. The standard InChI is InChI=1S/C20H27N5O2.ClH/c1-12-11-25(9-8-16(12)21-2)13-4-5-14-17(10-13)24(3)23-19(14)15-6-7-18(26)22-20(15)27;/h4-5,10,12,15-16,21H,6-9,11H2,1-3H3,(H,22,26,27);1H/t12-,15?,16-;/m0./s1. The molecule has 1 aromatic carbocycles. The van der Waals surface area contributed by atoms with Crippen molar-refractivity contribution in [2.45, 2.75) is 38.1 Å². The van der Waals surface area contributed by atoms with Gasteiger partial charge in [0, 0.05) is 43.7 Å². The van der Waals surface area contributed by atoms with E-state index in [2.05, 4.69) is 45.8 Å². The SMILES string of the molecule is CN[C@H]1CCN(c2ccc3c(C4CCC(=O)NC4=O)nn(C)c3c2)C[C@@H]1C.Cl. The zero-order valence-corrected chi connectivity index (χ0v) is 17.4. The van der Waals surface area contributed by atoms with E-state index in [1.165, 1.54) is 5.69 Å². The quantitative estimate of drug-likeness (QED) is 0.763. The fourth-order valence-electron chi connectivity index (χ4n) is 4.49. The molecule has 3 heterocycles. The number of hydrogen-bond donors (Lipinski definition) is 2. The van der Waals surface area contributed by atoms with Gasteiger partial charge in [-0.1, -0.05) is 6.92 Å². The van der Waals surface area contributed by atoms with Crippen LogP contribution in [0.15, 0.2) is 18.2 Å². The highest BCUT2D eigenvalue weighted by Gasteiger charge is 2.32. The number of carbonyl (C=O) groups is 2. The molecule has 2 aromatic rings. The third-order valence-corrected chi connectivity index (χ3v) is 6.07. The predicted octanol–water partition coefficient (Wildman–Crippen LogP) is 1.95. The summed E-state index contributed by atoms with van der Waals surface area (Å²) in [6.45, 7) is 4.34. The molecule has 1 aromatic heterocycles. The van der Waals surface area contributed by atoms with Crippen LogP contribution in [0.25, 0.3) is 10.9 Å². The van der Waals surface area contributed by atoms with E-state index in [1.807, 2.05) is 18.8 Å². The lowest BCUT2D eigenvalue weighted by atomic mass is 9.92. The van der Waals surface area contributed by atoms with Crippen LogP contribution in [0.1, 0.15) is 37.8 Å². The molecule has 2 fully saturated rings. The third kappa shape index (κ3) is 3.61. The number of halogens is 1. The number of anilines is 1. The second kappa shape index (κ2) is 8.09. The molecule has 0 spiro atoms. The smallest absolute Gasteiger partial charge is 0.235 e. The zero-order chi connectivity index (χ0) is 19.1. The van der Waals surface area contributed by atoms with Gasteiger partial charge in [0.05, 0.1) is 17.1 Å². The number of hydrogen-bond acceptors (Lipinski definition) is 5. The second-order valence-electron chi connectivity index (χ2n) is 7.82. The van der Waals surface area contributed by atoms with E-state index in [4.69, 9.17) is 0 Å². The van der Waals surface area contributed by atoms with Crippen LogP contribution in [0.3, 0.4) is 0 Å². The highest BCUT2D eigenvalue weighted by atomic mass is 35.5. The minimum Gasteiger partial charge on any atom is -0.371 e. The summed E-state index contributed by atoms with van der Waals surface area (Å²) in [5.41, 5.74) is 2.99. The number of imide groups is 1. The lowest BCUT2D eigenvalue weighted by molar-refractivity contribution is -0.134. The summed E-state index contributed by atoms with van der Waals surface area (Å²) in [6.07, 6.45) is 2.01. The Balaban J connectivity index is 0.00000225. The molecule has 0 saturated carbocycles. The number of fused-ring (bicyclic) bond motifs is 1. The normalized spacial score (nSPS) is 25.5. The van der Waals surface area contributed by atoms with Crippen LogP contribution >= 0.6 is 12.4 Å². The largest absolute Gasteiger partial charge is 0.371 e. The summed E-state index contributed by atoms with van der Waals surface area (Å²) in [5, 5.41) is 11.5. The molecule has 28 heavy (non-hydrogen) atoms. The van der Waals surface area contributed by atoms with Crippen LogP contribution in [0, 0.1) is 5.92 Å². The van der Waals surface area contributed by atoms with E-state index in [-0.39, 0.29) is 30.1 Å². The molecule has 7 nitrogen and oxygen atoms in total. The Morgan fingerprint density at radius 3 is 2.71 bits per heavy atom. The summed E-state index contributed by atoms with van der Waals surface area (Å²) in [4.78, 5) is 26.1. The van der Waals surface area contributed by atoms with Crippen molar-refractivity contribution in [3.05, 3.63) is 23.9 Å². The lowest BCUT2D eigenvalue weighted by Crippen LogP contribution is -2.47. The van der Waals surface area contributed by atoms with Crippen LogP contribution < -0.4 is 15.5 Å². The van der Waals surface area contributed by atoms with E-state index < -0.39 is 0 Å². The number of aryl methyl sites for hydroxylation is 1. The molecule has 2 aliphatic heterocycles. The number of benzene rings is 1. The summed E-state index contributed by atoms with van der Waals surface area (Å²) >= 11 is 0. The number of aromatic nitrogens is 2. The van der Waals surface area contributed by atoms with Gasteiger partial charge in [-0.25, -0.2) is 0 Å². The number of nitrogens with zero attached hydrogens (tertiary/aromatic N) is 3. The molecule has 0 bridgehead atoms. The maximum absolute atomic E-state index is 12.3. The highest BCUT2D eigenvalue weighted by Crippen LogP contribution is 2.33. The van der Waals surface area contributed by atoms with Gasteiger partial charge in [-0.15, -0.1) is 12.4 Å². The minimum atomic E-state index is -0.358. The van der Waals surface area contributed by atoms with Crippen LogP contribution in [0.2, 0.25) is 0 Å². The number of nitrogens with one attached hydrogen (secondary N) is 2. The van der Waals surface area contributed by atoms with Gasteiger partial charge in [-0.05, 0) is 44.0 Å². The van der Waals surface area contributed by atoms with Gasteiger partial charge in [0.2, 0.25) is 11.8 Å². The summed E-state index contributed by atoms with van der Waals surface area (Å²) in [6, 6.07) is 6.95. The molecule has 8 heteroatoms. The maximum atomic E-state index is 12.3. The summed E-state index contributed by atoms with van der Waals surface area (Å²) in [7, 11) is 3.95. The Labute approximate surface area is 171 Å². The molecular formula is C20H28ClN5O2. The first-order valence-corrected chi connectivity index (χ1v) is 9.70.